The van der Waals surface area contributed by atoms with Crippen LogP contribution >= 0.6 is 15.9 Å². The van der Waals surface area contributed by atoms with Crippen LogP contribution in [0, 0.1) is 11.3 Å². The number of ether oxygens (including phenoxy) is 1. The Morgan fingerprint density at radius 2 is 2.12 bits per heavy atom. The number of nitriles is 1. The van der Waals surface area contributed by atoms with Gasteiger partial charge >= 0.3 is 0 Å². The second kappa shape index (κ2) is 4.73. The van der Waals surface area contributed by atoms with Crippen molar-refractivity contribution in [3.63, 3.8) is 0 Å². The molecule has 0 atom stereocenters. The van der Waals surface area contributed by atoms with Crippen molar-refractivity contribution in [1.29, 1.82) is 5.26 Å². The van der Waals surface area contributed by atoms with E-state index in [0.29, 0.717) is 17.1 Å². The second-order valence-electron chi connectivity index (χ2n) is 2.92. The molecule has 2 rings (SSSR count). The second-order valence-corrected chi connectivity index (χ2v) is 3.84. The molecule has 0 N–H and O–H groups in total. The van der Waals surface area contributed by atoms with Gasteiger partial charge < -0.3 is 4.74 Å². The first kappa shape index (κ1) is 10.6. The lowest BCUT2D eigenvalue weighted by Gasteiger charge is -2.05. The molecule has 0 aromatic carbocycles. The van der Waals surface area contributed by atoms with E-state index in [0.717, 1.165) is 4.47 Å². The Morgan fingerprint density at radius 3 is 2.88 bits per heavy atom. The van der Waals surface area contributed by atoms with Gasteiger partial charge in [-0.15, -0.1) is 0 Å². The van der Waals surface area contributed by atoms with Crippen LogP contribution in [-0.2, 0) is 0 Å². The Balaban J connectivity index is 2.31. The Bertz CT molecular complexity index is 551. The van der Waals surface area contributed by atoms with Crippen LogP contribution < -0.4 is 4.74 Å². The lowest BCUT2D eigenvalue weighted by Crippen LogP contribution is -1.89. The van der Waals surface area contributed by atoms with Crippen molar-refractivity contribution >= 4 is 15.9 Å². The van der Waals surface area contributed by atoms with Gasteiger partial charge in [-0.1, -0.05) is 0 Å². The zero-order chi connectivity index (χ0) is 11.4. The van der Waals surface area contributed by atoms with Gasteiger partial charge in [-0.2, -0.15) is 5.26 Å². The van der Waals surface area contributed by atoms with E-state index in [-0.39, 0.29) is 0 Å². The van der Waals surface area contributed by atoms with Gasteiger partial charge in [-0.05, 0) is 28.1 Å². The van der Waals surface area contributed by atoms with Gasteiger partial charge in [0.15, 0.2) is 5.75 Å². The van der Waals surface area contributed by atoms with Gasteiger partial charge in [-0.25, -0.2) is 0 Å². The van der Waals surface area contributed by atoms with E-state index >= 15 is 0 Å². The fraction of sp³-hybridized carbons (Fsp3) is 0. The standard InChI is InChI=1S/C11H6BrN3O/c12-9-3-10(6-15-5-9)16-11-7-14-2-1-8(11)4-13/h1-3,5-7H. The summed E-state index contributed by atoms with van der Waals surface area (Å²) < 4.78 is 6.32. The van der Waals surface area contributed by atoms with Crippen LogP contribution in [0.5, 0.6) is 11.5 Å². The number of hydrogen-bond acceptors (Lipinski definition) is 4. The largest absolute Gasteiger partial charge is 0.453 e. The number of nitrogens with zero attached hydrogens (tertiary/aromatic N) is 3. The van der Waals surface area contributed by atoms with Crippen LogP contribution in [0.3, 0.4) is 0 Å². The molecule has 16 heavy (non-hydrogen) atoms. The highest BCUT2D eigenvalue weighted by Crippen LogP contribution is 2.24. The highest BCUT2D eigenvalue weighted by molar-refractivity contribution is 9.10. The van der Waals surface area contributed by atoms with Crippen molar-refractivity contribution in [3.05, 3.63) is 47.0 Å². The molecular weight excluding hydrogens is 270 g/mol. The number of halogens is 1. The Labute approximate surface area is 101 Å². The average molecular weight is 276 g/mol. The molecule has 0 aliphatic rings. The minimum atomic E-state index is 0.421. The fourth-order valence-electron chi connectivity index (χ4n) is 1.13. The molecule has 0 fully saturated rings. The molecule has 0 bridgehead atoms. The molecule has 0 aliphatic carbocycles. The number of aromatic nitrogens is 2. The number of rotatable bonds is 2. The first-order valence-electron chi connectivity index (χ1n) is 4.42. The molecule has 2 aromatic rings. The number of pyridine rings is 2. The molecule has 4 nitrogen and oxygen atoms in total. The quantitative estimate of drug-likeness (QED) is 0.846. The molecule has 0 unspecified atom stereocenters. The van der Waals surface area contributed by atoms with Crippen molar-refractivity contribution in [1.82, 2.24) is 9.97 Å². The Hall–Kier alpha value is -1.93. The van der Waals surface area contributed by atoms with Gasteiger partial charge in [0, 0.05) is 16.9 Å². The van der Waals surface area contributed by atoms with Gasteiger partial charge in [0.2, 0.25) is 0 Å². The van der Waals surface area contributed by atoms with Crippen molar-refractivity contribution < 1.29 is 4.74 Å². The van der Waals surface area contributed by atoms with Gasteiger partial charge in [0.1, 0.15) is 11.8 Å². The van der Waals surface area contributed by atoms with E-state index < -0.39 is 0 Å². The Kier molecular flexibility index (Phi) is 3.13. The van der Waals surface area contributed by atoms with Gasteiger partial charge in [0.05, 0.1) is 18.0 Å². The molecule has 78 valence electrons. The molecule has 0 saturated heterocycles. The minimum Gasteiger partial charge on any atom is -0.453 e. The van der Waals surface area contributed by atoms with Crippen molar-refractivity contribution in [2.24, 2.45) is 0 Å². The highest BCUT2D eigenvalue weighted by atomic mass is 79.9. The van der Waals surface area contributed by atoms with E-state index in [2.05, 4.69) is 25.9 Å². The van der Waals surface area contributed by atoms with E-state index in [1.807, 2.05) is 6.07 Å². The molecule has 0 aliphatic heterocycles. The monoisotopic (exact) mass is 275 g/mol. The molecule has 2 aromatic heterocycles. The van der Waals surface area contributed by atoms with Crippen LogP contribution in [-0.4, -0.2) is 9.97 Å². The van der Waals surface area contributed by atoms with E-state index in [1.165, 1.54) is 6.20 Å². The van der Waals surface area contributed by atoms with Gasteiger partial charge in [0.25, 0.3) is 0 Å². The predicted molar refractivity (Wildman–Crippen MR) is 61.0 cm³/mol. The van der Waals surface area contributed by atoms with E-state index in [9.17, 15) is 0 Å². The SMILES string of the molecule is N#Cc1ccncc1Oc1cncc(Br)c1. The molecule has 0 amide bonds. The summed E-state index contributed by atoms with van der Waals surface area (Å²) in [6.45, 7) is 0. The maximum atomic E-state index is 8.87. The first-order valence-corrected chi connectivity index (χ1v) is 5.21. The first-order chi connectivity index (χ1) is 7.79. The number of hydrogen-bond donors (Lipinski definition) is 0. The normalized spacial score (nSPS) is 9.50. The van der Waals surface area contributed by atoms with E-state index in [1.54, 1.807) is 30.7 Å². The third-order valence-electron chi connectivity index (χ3n) is 1.81. The van der Waals surface area contributed by atoms with Crippen LogP contribution in [0.15, 0.2) is 41.4 Å². The molecule has 2 heterocycles. The summed E-state index contributed by atoms with van der Waals surface area (Å²) in [5, 5.41) is 8.87. The van der Waals surface area contributed by atoms with Crippen molar-refractivity contribution in [2.45, 2.75) is 0 Å². The lowest BCUT2D eigenvalue weighted by molar-refractivity contribution is 0.476. The van der Waals surface area contributed by atoms with Crippen LogP contribution in [0.4, 0.5) is 0 Å². The van der Waals surface area contributed by atoms with Crippen LogP contribution in [0.25, 0.3) is 0 Å². The summed E-state index contributed by atoms with van der Waals surface area (Å²) in [7, 11) is 0. The summed E-state index contributed by atoms with van der Waals surface area (Å²) >= 11 is 3.29. The molecule has 0 saturated carbocycles. The summed E-state index contributed by atoms with van der Waals surface area (Å²) in [6, 6.07) is 5.40. The minimum absolute atomic E-state index is 0.421. The van der Waals surface area contributed by atoms with Crippen LogP contribution in [0.2, 0.25) is 0 Å². The predicted octanol–water partition coefficient (Wildman–Crippen LogP) is 2.90. The lowest BCUT2D eigenvalue weighted by atomic mass is 10.3. The maximum Gasteiger partial charge on any atom is 0.163 e. The molecule has 0 radical (unpaired) electrons. The zero-order valence-corrected chi connectivity index (χ0v) is 9.68. The summed E-state index contributed by atoms with van der Waals surface area (Å²) in [6.07, 6.45) is 6.27. The molecular formula is C11H6BrN3O. The Morgan fingerprint density at radius 1 is 1.25 bits per heavy atom. The molecule has 5 heteroatoms. The summed E-state index contributed by atoms with van der Waals surface area (Å²) in [5.74, 6) is 0.976. The summed E-state index contributed by atoms with van der Waals surface area (Å²) in [5.41, 5.74) is 0.440. The van der Waals surface area contributed by atoms with E-state index in [4.69, 9.17) is 10.00 Å². The average Bonchev–Trinajstić information content (AvgIpc) is 2.30. The fourth-order valence-corrected chi connectivity index (χ4v) is 1.47. The third-order valence-corrected chi connectivity index (χ3v) is 2.25. The topological polar surface area (TPSA) is 58.8 Å². The highest BCUT2D eigenvalue weighted by Gasteiger charge is 2.04. The molecule has 0 spiro atoms. The maximum absolute atomic E-state index is 8.87. The smallest absolute Gasteiger partial charge is 0.163 e. The third kappa shape index (κ3) is 2.35. The van der Waals surface area contributed by atoms with Crippen molar-refractivity contribution in [3.8, 4) is 17.6 Å². The van der Waals surface area contributed by atoms with Crippen molar-refractivity contribution in [2.75, 3.05) is 0 Å². The zero-order valence-electron chi connectivity index (χ0n) is 8.09. The van der Waals surface area contributed by atoms with Gasteiger partial charge in [-0.3, -0.25) is 9.97 Å². The van der Waals surface area contributed by atoms with Crippen LogP contribution in [0.1, 0.15) is 5.56 Å². The summed E-state index contributed by atoms with van der Waals surface area (Å²) in [4.78, 5) is 7.86.